The standard InChI is InChI=1S/C19H18F3N7O2/c20-19(21,22)13-5-12(6-25-16(13)23)10-1-2-15-26-14(9-29(15)7-10)27-18(31)28-4-3-11(8-28)17(24)30/h1-2,5-7,9,11H,3-4,8H2,(H2,23,25)(H2,24,30)(H,27,31). The number of nitrogens with one attached hydrogen (secondary N) is 1. The molecule has 4 rings (SSSR count). The zero-order valence-electron chi connectivity index (χ0n) is 16.1. The second-order valence-electron chi connectivity index (χ2n) is 7.23. The number of amides is 3. The summed E-state index contributed by atoms with van der Waals surface area (Å²) in [6, 6.07) is 3.73. The van der Waals surface area contributed by atoms with E-state index in [1.54, 1.807) is 22.7 Å². The summed E-state index contributed by atoms with van der Waals surface area (Å²) in [6.07, 6.45) is 0.255. The molecule has 3 aromatic heterocycles. The van der Waals surface area contributed by atoms with Gasteiger partial charge in [0.05, 0.1) is 17.7 Å². The molecule has 0 spiro atoms. The molecule has 4 heterocycles. The third kappa shape index (κ3) is 4.09. The second-order valence-corrected chi connectivity index (χ2v) is 7.23. The molecular weight excluding hydrogens is 415 g/mol. The van der Waals surface area contributed by atoms with Gasteiger partial charge in [-0.05, 0) is 24.6 Å². The molecular formula is C19H18F3N7O2. The highest BCUT2D eigenvalue weighted by Gasteiger charge is 2.34. The summed E-state index contributed by atoms with van der Waals surface area (Å²) in [6.45, 7) is 0.646. The lowest BCUT2D eigenvalue weighted by Crippen LogP contribution is -2.34. The first-order valence-corrected chi connectivity index (χ1v) is 9.29. The van der Waals surface area contributed by atoms with Crippen LogP contribution in [0.1, 0.15) is 12.0 Å². The van der Waals surface area contributed by atoms with Gasteiger partial charge in [0.15, 0.2) is 5.82 Å². The smallest absolute Gasteiger partial charge is 0.383 e. The predicted octanol–water partition coefficient (Wildman–Crippen LogP) is 2.34. The summed E-state index contributed by atoms with van der Waals surface area (Å²) >= 11 is 0. The van der Waals surface area contributed by atoms with Gasteiger partial charge in [-0.25, -0.2) is 14.8 Å². The van der Waals surface area contributed by atoms with Crippen LogP contribution >= 0.6 is 0 Å². The SMILES string of the molecule is NC(=O)C1CCN(C(=O)Nc2cn3cc(-c4cnc(N)c(C(F)(F)F)c4)ccc3n2)C1. The number of anilines is 2. The van der Waals surface area contributed by atoms with E-state index in [-0.39, 0.29) is 23.8 Å². The molecule has 0 aromatic carbocycles. The Balaban J connectivity index is 1.55. The normalized spacial score (nSPS) is 16.6. The van der Waals surface area contributed by atoms with Gasteiger partial charge in [0, 0.05) is 36.6 Å². The van der Waals surface area contributed by atoms with E-state index in [0.717, 1.165) is 6.07 Å². The molecule has 0 aliphatic carbocycles. The maximum absolute atomic E-state index is 13.1. The minimum absolute atomic E-state index is 0.234. The third-order valence-corrected chi connectivity index (χ3v) is 5.12. The minimum Gasteiger partial charge on any atom is -0.383 e. The Morgan fingerprint density at radius 1 is 1.19 bits per heavy atom. The molecule has 3 aromatic rings. The Bertz CT molecular complexity index is 1180. The highest BCUT2D eigenvalue weighted by atomic mass is 19.4. The number of halogens is 3. The molecule has 1 fully saturated rings. The van der Waals surface area contributed by atoms with Gasteiger partial charge in [0.2, 0.25) is 5.91 Å². The number of primary amides is 1. The van der Waals surface area contributed by atoms with Crippen molar-refractivity contribution in [2.45, 2.75) is 12.6 Å². The molecule has 162 valence electrons. The first-order valence-electron chi connectivity index (χ1n) is 9.29. The van der Waals surface area contributed by atoms with Crippen molar-refractivity contribution >= 4 is 29.2 Å². The Morgan fingerprint density at radius 2 is 1.97 bits per heavy atom. The van der Waals surface area contributed by atoms with Gasteiger partial charge in [-0.3, -0.25) is 10.1 Å². The first kappa shape index (κ1) is 20.4. The lowest BCUT2D eigenvalue weighted by Gasteiger charge is -2.15. The fourth-order valence-corrected chi connectivity index (χ4v) is 3.45. The summed E-state index contributed by atoms with van der Waals surface area (Å²) < 4.78 is 40.9. The fourth-order valence-electron chi connectivity index (χ4n) is 3.45. The number of imidazole rings is 1. The van der Waals surface area contributed by atoms with Crippen molar-refractivity contribution in [3.05, 3.63) is 42.4 Å². The maximum Gasteiger partial charge on any atom is 0.419 e. The number of likely N-dealkylation sites (tertiary alicyclic amines) is 1. The van der Waals surface area contributed by atoms with E-state index in [2.05, 4.69) is 15.3 Å². The number of nitrogens with two attached hydrogens (primary N) is 2. The number of alkyl halides is 3. The van der Waals surface area contributed by atoms with Crippen molar-refractivity contribution in [3.63, 3.8) is 0 Å². The van der Waals surface area contributed by atoms with Crippen LogP contribution in [0, 0.1) is 5.92 Å². The molecule has 31 heavy (non-hydrogen) atoms. The van der Waals surface area contributed by atoms with Crippen LogP contribution in [0.3, 0.4) is 0 Å². The number of fused-ring (bicyclic) bond motifs is 1. The molecule has 3 amide bonds. The van der Waals surface area contributed by atoms with Crippen LogP contribution in [0.5, 0.6) is 0 Å². The molecule has 0 bridgehead atoms. The number of rotatable bonds is 3. The lowest BCUT2D eigenvalue weighted by atomic mass is 10.1. The number of nitrogens with zero attached hydrogens (tertiary/aromatic N) is 4. The number of nitrogen functional groups attached to an aromatic ring is 1. The molecule has 0 radical (unpaired) electrons. The van der Waals surface area contributed by atoms with Gasteiger partial charge in [-0.1, -0.05) is 0 Å². The number of aromatic nitrogens is 3. The zero-order chi connectivity index (χ0) is 22.3. The maximum atomic E-state index is 13.1. The van der Waals surface area contributed by atoms with E-state index in [1.165, 1.54) is 17.3 Å². The average Bonchev–Trinajstić information content (AvgIpc) is 3.33. The van der Waals surface area contributed by atoms with Crippen LogP contribution in [0.25, 0.3) is 16.8 Å². The van der Waals surface area contributed by atoms with E-state index in [4.69, 9.17) is 11.5 Å². The van der Waals surface area contributed by atoms with E-state index in [9.17, 15) is 22.8 Å². The van der Waals surface area contributed by atoms with Gasteiger partial charge < -0.3 is 20.8 Å². The summed E-state index contributed by atoms with van der Waals surface area (Å²) in [5.74, 6) is -1.15. The van der Waals surface area contributed by atoms with Gasteiger partial charge in [-0.15, -0.1) is 0 Å². The van der Waals surface area contributed by atoms with Crippen LogP contribution in [-0.4, -0.2) is 44.3 Å². The number of hydrogen-bond donors (Lipinski definition) is 3. The Kier molecular flexibility index (Phi) is 4.91. The minimum atomic E-state index is -4.62. The predicted molar refractivity (Wildman–Crippen MR) is 106 cm³/mol. The number of carbonyl (C=O) groups is 2. The van der Waals surface area contributed by atoms with Crippen LogP contribution in [0.2, 0.25) is 0 Å². The quantitative estimate of drug-likeness (QED) is 0.583. The van der Waals surface area contributed by atoms with Crippen molar-refractivity contribution in [3.8, 4) is 11.1 Å². The van der Waals surface area contributed by atoms with Crippen LogP contribution in [0.4, 0.5) is 29.6 Å². The third-order valence-electron chi connectivity index (χ3n) is 5.12. The molecule has 1 saturated heterocycles. The number of urea groups is 1. The molecule has 0 saturated carbocycles. The topological polar surface area (TPSA) is 132 Å². The monoisotopic (exact) mass is 433 g/mol. The number of carbonyl (C=O) groups excluding carboxylic acids is 2. The molecule has 1 atom stereocenters. The van der Waals surface area contributed by atoms with Gasteiger partial charge >= 0.3 is 12.2 Å². The Morgan fingerprint density at radius 3 is 2.65 bits per heavy atom. The van der Waals surface area contributed by atoms with Gasteiger partial charge in [-0.2, -0.15) is 13.2 Å². The summed E-state index contributed by atoms with van der Waals surface area (Å²) in [5.41, 5.74) is 10.8. The number of hydrogen-bond acceptors (Lipinski definition) is 5. The highest BCUT2D eigenvalue weighted by molar-refractivity contribution is 5.89. The second kappa shape index (κ2) is 7.45. The van der Waals surface area contributed by atoms with E-state index in [1.807, 2.05) is 0 Å². The highest BCUT2D eigenvalue weighted by Crippen LogP contribution is 2.35. The molecule has 9 nitrogen and oxygen atoms in total. The van der Waals surface area contributed by atoms with Gasteiger partial charge in [0.1, 0.15) is 11.5 Å². The summed E-state index contributed by atoms with van der Waals surface area (Å²) in [5, 5.41) is 2.65. The van der Waals surface area contributed by atoms with E-state index < -0.39 is 29.5 Å². The summed E-state index contributed by atoms with van der Waals surface area (Å²) in [4.78, 5) is 33.1. The fraction of sp³-hybridized carbons (Fsp3) is 0.263. The van der Waals surface area contributed by atoms with Crippen LogP contribution < -0.4 is 16.8 Å². The Labute approximate surface area is 173 Å². The molecule has 5 N–H and O–H groups in total. The van der Waals surface area contributed by atoms with Gasteiger partial charge in [0.25, 0.3) is 0 Å². The van der Waals surface area contributed by atoms with E-state index >= 15 is 0 Å². The lowest BCUT2D eigenvalue weighted by molar-refractivity contribution is -0.137. The van der Waals surface area contributed by atoms with Crippen molar-refractivity contribution in [2.24, 2.45) is 11.7 Å². The van der Waals surface area contributed by atoms with Crippen LogP contribution in [-0.2, 0) is 11.0 Å². The first-order chi connectivity index (χ1) is 14.6. The van der Waals surface area contributed by atoms with Crippen molar-refractivity contribution in [1.29, 1.82) is 0 Å². The van der Waals surface area contributed by atoms with Crippen molar-refractivity contribution in [2.75, 3.05) is 24.1 Å². The summed E-state index contributed by atoms with van der Waals surface area (Å²) in [7, 11) is 0. The van der Waals surface area contributed by atoms with Crippen LogP contribution in [0.15, 0.2) is 36.8 Å². The molecule has 1 aliphatic rings. The van der Waals surface area contributed by atoms with E-state index in [0.29, 0.717) is 24.2 Å². The van der Waals surface area contributed by atoms with Crippen molar-refractivity contribution < 1.29 is 22.8 Å². The molecule has 1 aliphatic heterocycles. The zero-order valence-corrected chi connectivity index (χ0v) is 16.1. The average molecular weight is 433 g/mol. The molecule has 12 heteroatoms. The largest absolute Gasteiger partial charge is 0.419 e. The van der Waals surface area contributed by atoms with Crippen molar-refractivity contribution in [1.82, 2.24) is 19.3 Å². The number of pyridine rings is 2. The molecule has 1 unspecified atom stereocenters. The Hall–Kier alpha value is -3.83.